The number of ether oxygens (including phenoxy) is 2. The van der Waals surface area contributed by atoms with Crippen molar-refractivity contribution < 1.29 is 19.1 Å². The molecule has 0 aliphatic heterocycles. The molecule has 0 heterocycles. The van der Waals surface area contributed by atoms with Gasteiger partial charge < -0.3 is 9.47 Å². The summed E-state index contributed by atoms with van der Waals surface area (Å²) in [5.74, 6) is 6.28. The van der Waals surface area contributed by atoms with Crippen LogP contribution in [0.4, 0.5) is 0 Å². The van der Waals surface area contributed by atoms with E-state index in [4.69, 9.17) is 4.74 Å². The Kier molecular flexibility index (Phi) is 4.41. The highest BCUT2D eigenvalue weighted by molar-refractivity contribution is 5.89. The largest absolute Gasteiger partial charge is 0.466 e. The SMILES string of the molecule is COC(=O)c1ccc(C#C[C@H]2C[C@@H]2COC(C)=O)cc1. The van der Waals surface area contributed by atoms with Crippen molar-refractivity contribution in [2.24, 2.45) is 11.8 Å². The van der Waals surface area contributed by atoms with Gasteiger partial charge in [0.1, 0.15) is 0 Å². The molecule has 1 aromatic rings. The molecular formula is C16H16O4. The molecule has 1 aliphatic rings. The number of hydrogen-bond acceptors (Lipinski definition) is 4. The van der Waals surface area contributed by atoms with Gasteiger partial charge in [-0.3, -0.25) is 4.79 Å². The minimum absolute atomic E-state index is 0.248. The summed E-state index contributed by atoms with van der Waals surface area (Å²) in [6.07, 6.45) is 0.973. The van der Waals surface area contributed by atoms with Crippen LogP contribution in [-0.2, 0) is 14.3 Å². The Labute approximate surface area is 118 Å². The molecule has 2 rings (SSSR count). The number of esters is 2. The zero-order valence-electron chi connectivity index (χ0n) is 11.5. The first-order chi connectivity index (χ1) is 9.60. The highest BCUT2D eigenvalue weighted by Gasteiger charge is 2.36. The van der Waals surface area contributed by atoms with Crippen LogP contribution in [0.25, 0.3) is 0 Å². The van der Waals surface area contributed by atoms with Gasteiger partial charge in [-0.05, 0) is 30.7 Å². The lowest BCUT2D eigenvalue weighted by atomic mass is 10.1. The third kappa shape index (κ3) is 3.86. The second kappa shape index (κ2) is 6.25. The molecule has 0 radical (unpaired) electrons. The smallest absolute Gasteiger partial charge is 0.337 e. The molecule has 1 fully saturated rings. The van der Waals surface area contributed by atoms with Gasteiger partial charge in [0.2, 0.25) is 0 Å². The molecule has 4 nitrogen and oxygen atoms in total. The Bertz CT molecular complexity index is 562. The summed E-state index contributed by atoms with van der Waals surface area (Å²) >= 11 is 0. The van der Waals surface area contributed by atoms with E-state index < -0.39 is 0 Å². The van der Waals surface area contributed by atoms with Crippen LogP contribution in [0.1, 0.15) is 29.3 Å². The van der Waals surface area contributed by atoms with Gasteiger partial charge in [-0.25, -0.2) is 4.79 Å². The predicted molar refractivity (Wildman–Crippen MR) is 72.9 cm³/mol. The molecular weight excluding hydrogens is 256 g/mol. The summed E-state index contributed by atoms with van der Waals surface area (Å²) in [6.45, 7) is 1.86. The molecule has 1 aromatic carbocycles. The molecule has 20 heavy (non-hydrogen) atoms. The minimum Gasteiger partial charge on any atom is -0.466 e. The maximum Gasteiger partial charge on any atom is 0.337 e. The zero-order valence-corrected chi connectivity index (χ0v) is 11.5. The average Bonchev–Trinajstić information content (AvgIpc) is 3.21. The van der Waals surface area contributed by atoms with Crippen molar-refractivity contribution in [1.82, 2.24) is 0 Å². The van der Waals surface area contributed by atoms with E-state index in [1.165, 1.54) is 14.0 Å². The summed E-state index contributed by atoms with van der Waals surface area (Å²) in [5, 5.41) is 0. The Morgan fingerprint density at radius 3 is 2.60 bits per heavy atom. The highest BCUT2D eigenvalue weighted by Crippen LogP contribution is 2.37. The molecule has 0 N–H and O–H groups in total. The van der Waals surface area contributed by atoms with Crippen LogP contribution in [0.15, 0.2) is 24.3 Å². The monoisotopic (exact) mass is 272 g/mol. The summed E-state index contributed by atoms with van der Waals surface area (Å²) in [6, 6.07) is 6.98. The standard InChI is InChI=1S/C16H16O4/c1-11(17)20-10-15-9-14(15)8-5-12-3-6-13(7-4-12)16(18)19-2/h3-4,6-7,14-15H,9-10H2,1-2H3/t14-,15+/m0/s1. The summed E-state index contributed by atoms with van der Waals surface area (Å²) in [7, 11) is 1.35. The lowest BCUT2D eigenvalue weighted by molar-refractivity contribution is -0.141. The number of rotatable bonds is 3. The maximum atomic E-state index is 11.3. The fourth-order valence-electron chi connectivity index (χ4n) is 1.82. The predicted octanol–water partition coefficient (Wildman–Crippen LogP) is 2.02. The van der Waals surface area contributed by atoms with E-state index in [-0.39, 0.29) is 11.9 Å². The topological polar surface area (TPSA) is 52.6 Å². The molecule has 2 atom stereocenters. The van der Waals surface area contributed by atoms with E-state index in [0.717, 1.165) is 12.0 Å². The number of carbonyl (C=O) groups excluding carboxylic acids is 2. The minimum atomic E-state index is -0.354. The van der Waals surface area contributed by atoms with Crippen LogP contribution in [0, 0.1) is 23.7 Å². The van der Waals surface area contributed by atoms with Crippen molar-refractivity contribution in [2.75, 3.05) is 13.7 Å². The van der Waals surface area contributed by atoms with Crippen molar-refractivity contribution in [3.63, 3.8) is 0 Å². The van der Waals surface area contributed by atoms with Crippen molar-refractivity contribution in [3.8, 4) is 11.8 Å². The molecule has 0 spiro atoms. The molecule has 4 heteroatoms. The van der Waals surface area contributed by atoms with Crippen LogP contribution in [-0.4, -0.2) is 25.7 Å². The first kappa shape index (κ1) is 14.1. The Morgan fingerprint density at radius 1 is 1.30 bits per heavy atom. The first-order valence-corrected chi connectivity index (χ1v) is 6.43. The van der Waals surface area contributed by atoms with Crippen molar-refractivity contribution >= 4 is 11.9 Å². The Morgan fingerprint density at radius 2 is 2.00 bits per heavy atom. The second-order valence-corrected chi connectivity index (χ2v) is 4.74. The van der Waals surface area contributed by atoms with E-state index in [1.807, 2.05) is 0 Å². The van der Waals surface area contributed by atoms with Gasteiger partial charge >= 0.3 is 11.9 Å². The summed E-state index contributed by atoms with van der Waals surface area (Å²) in [5.41, 5.74) is 1.37. The molecule has 104 valence electrons. The molecule has 1 saturated carbocycles. The van der Waals surface area contributed by atoms with Gasteiger partial charge in [0.05, 0.1) is 19.3 Å². The Hall–Kier alpha value is -2.28. The van der Waals surface area contributed by atoms with Crippen molar-refractivity contribution in [1.29, 1.82) is 0 Å². The molecule has 0 bridgehead atoms. The third-order valence-corrected chi connectivity index (χ3v) is 3.13. The highest BCUT2D eigenvalue weighted by atomic mass is 16.5. The van der Waals surface area contributed by atoms with E-state index in [2.05, 4.69) is 16.6 Å². The van der Waals surface area contributed by atoms with Gasteiger partial charge in [-0.15, -0.1) is 0 Å². The van der Waals surface area contributed by atoms with Crippen molar-refractivity contribution in [3.05, 3.63) is 35.4 Å². The molecule has 0 saturated heterocycles. The van der Waals surface area contributed by atoms with Gasteiger partial charge in [0.25, 0.3) is 0 Å². The van der Waals surface area contributed by atoms with Crippen LogP contribution < -0.4 is 0 Å². The fraction of sp³-hybridized carbons (Fsp3) is 0.375. The van der Waals surface area contributed by atoms with E-state index in [1.54, 1.807) is 24.3 Å². The number of carbonyl (C=O) groups is 2. The first-order valence-electron chi connectivity index (χ1n) is 6.43. The fourth-order valence-corrected chi connectivity index (χ4v) is 1.82. The normalized spacial score (nSPS) is 19.5. The lowest BCUT2D eigenvalue weighted by Gasteiger charge is -1.98. The molecule has 0 unspecified atom stereocenters. The number of benzene rings is 1. The van der Waals surface area contributed by atoms with E-state index >= 15 is 0 Å². The van der Waals surface area contributed by atoms with Crippen LogP contribution in [0.5, 0.6) is 0 Å². The number of hydrogen-bond donors (Lipinski definition) is 0. The summed E-state index contributed by atoms with van der Waals surface area (Å²) < 4.78 is 9.57. The molecule has 0 amide bonds. The van der Waals surface area contributed by atoms with Crippen LogP contribution >= 0.6 is 0 Å². The van der Waals surface area contributed by atoms with E-state index in [0.29, 0.717) is 24.0 Å². The number of methoxy groups -OCH3 is 1. The van der Waals surface area contributed by atoms with E-state index in [9.17, 15) is 9.59 Å². The van der Waals surface area contributed by atoms with Crippen molar-refractivity contribution in [2.45, 2.75) is 13.3 Å². The zero-order chi connectivity index (χ0) is 14.5. The average molecular weight is 272 g/mol. The van der Waals surface area contributed by atoms with Gasteiger partial charge in [-0.2, -0.15) is 0 Å². The van der Waals surface area contributed by atoms with Gasteiger partial charge in [0.15, 0.2) is 0 Å². The molecule has 0 aromatic heterocycles. The van der Waals surface area contributed by atoms with Crippen LogP contribution in [0.3, 0.4) is 0 Å². The second-order valence-electron chi connectivity index (χ2n) is 4.74. The Balaban J connectivity index is 1.88. The van der Waals surface area contributed by atoms with Gasteiger partial charge in [-0.1, -0.05) is 11.8 Å². The third-order valence-electron chi connectivity index (χ3n) is 3.13. The summed E-state index contributed by atoms with van der Waals surface area (Å²) in [4.78, 5) is 21.9. The maximum absolute atomic E-state index is 11.3. The quantitative estimate of drug-likeness (QED) is 0.624. The lowest BCUT2D eigenvalue weighted by Crippen LogP contribution is -2.02. The molecule has 1 aliphatic carbocycles. The van der Waals surface area contributed by atoms with Gasteiger partial charge in [0, 0.05) is 24.3 Å². The van der Waals surface area contributed by atoms with Crippen LogP contribution in [0.2, 0.25) is 0 Å².